The lowest BCUT2D eigenvalue weighted by Gasteiger charge is -2.29. The van der Waals surface area contributed by atoms with Gasteiger partial charge in [-0.05, 0) is 44.7 Å². The molecule has 3 nitrogen and oxygen atoms in total. The Kier molecular flexibility index (Phi) is 4.02. The maximum atomic E-state index is 4.49. The molecule has 2 aliphatic rings. The predicted molar refractivity (Wildman–Crippen MR) is 79.4 cm³/mol. The summed E-state index contributed by atoms with van der Waals surface area (Å²) in [5, 5.41) is 3.55. The van der Waals surface area contributed by atoms with Crippen molar-refractivity contribution in [3.63, 3.8) is 0 Å². The van der Waals surface area contributed by atoms with E-state index in [1.165, 1.54) is 56.5 Å². The van der Waals surface area contributed by atoms with Gasteiger partial charge in [-0.15, -0.1) is 0 Å². The number of rotatable bonds is 4. The first-order valence-corrected chi connectivity index (χ1v) is 7.78. The van der Waals surface area contributed by atoms with Crippen molar-refractivity contribution in [2.24, 2.45) is 0 Å². The van der Waals surface area contributed by atoms with Crippen LogP contribution in [0.2, 0.25) is 0 Å². The molecule has 1 aromatic rings. The summed E-state index contributed by atoms with van der Waals surface area (Å²) in [5.41, 5.74) is 2.54. The minimum atomic E-state index is 0.661. The van der Waals surface area contributed by atoms with Gasteiger partial charge in [-0.3, -0.25) is 4.98 Å². The molecule has 0 amide bonds. The minimum absolute atomic E-state index is 0.661. The molecule has 0 spiro atoms. The van der Waals surface area contributed by atoms with Gasteiger partial charge in [0.25, 0.3) is 0 Å². The normalized spacial score (nSPS) is 24.3. The highest BCUT2D eigenvalue weighted by Gasteiger charge is 2.21. The first-order valence-electron chi connectivity index (χ1n) is 7.78. The number of aromatic nitrogens is 1. The maximum absolute atomic E-state index is 4.49. The quantitative estimate of drug-likeness (QED) is 0.900. The summed E-state index contributed by atoms with van der Waals surface area (Å²) in [6.45, 7) is 4.47. The molecule has 0 radical (unpaired) electrons. The zero-order chi connectivity index (χ0) is 13.1. The van der Waals surface area contributed by atoms with Crippen molar-refractivity contribution < 1.29 is 0 Å². The molecule has 104 valence electrons. The van der Waals surface area contributed by atoms with E-state index in [0.717, 1.165) is 12.6 Å². The van der Waals surface area contributed by atoms with Crippen LogP contribution in [-0.4, -0.2) is 23.6 Å². The van der Waals surface area contributed by atoms with E-state index < -0.39 is 0 Å². The first-order chi connectivity index (χ1) is 9.33. The third-order valence-corrected chi connectivity index (χ3v) is 4.33. The van der Waals surface area contributed by atoms with E-state index in [1.54, 1.807) is 0 Å². The second-order valence-electron chi connectivity index (χ2n) is 6.05. The number of nitrogens with zero attached hydrogens (tertiary/aromatic N) is 2. The largest absolute Gasteiger partial charge is 0.369 e. The third kappa shape index (κ3) is 3.47. The van der Waals surface area contributed by atoms with Crippen molar-refractivity contribution in [3.8, 4) is 0 Å². The second kappa shape index (κ2) is 5.91. The van der Waals surface area contributed by atoms with Gasteiger partial charge in [0.2, 0.25) is 0 Å². The summed E-state index contributed by atoms with van der Waals surface area (Å²) in [7, 11) is 0. The van der Waals surface area contributed by atoms with Gasteiger partial charge in [0, 0.05) is 37.1 Å². The lowest BCUT2D eigenvalue weighted by Crippen LogP contribution is -2.32. The summed E-state index contributed by atoms with van der Waals surface area (Å²) in [6, 6.07) is 5.86. The Balaban J connectivity index is 1.69. The molecule has 1 unspecified atom stereocenters. The monoisotopic (exact) mass is 259 g/mol. The average molecular weight is 259 g/mol. The summed E-state index contributed by atoms with van der Waals surface area (Å²) >= 11 is 0. The van der Waals surface area contributed by atoms with E-state index >= 15 is 0 Å². The van der Waals surface area contributed by atoms with Crippen LogP contribution in [0.1, 0.15) is 51.1 Å². The fraction of sp³-hybridized carbons (Fsp3) is 0.688. The summed E-state index contributed by atoms with van der Waals surface area (Å²) in [5.74, 6) is 0. The molecule has 2 fully saturated rings. The number of hydrogen-bond acceptors (Lipinski definition) is 3. The lowest BCUT2D eigenvalue weighted by molar-refractivity contribution is 0.614. The molecule has 1 aromatic heterocycles. The molecule has 3 heteroatoms. The molecule has 1 saturated heterocycles. The number of pyridine rings is 1. The molecule has 0 bridgehead atoms. The van der Waals surface area contributed by atoms with Crippen molar-refractivity contribution >= 4 is 5.69 Å². The molecule has 1 aliphatic heterocycles. The number of nitrogens with one attached hydrogen (secondary N) is 1. The smallest absolute Gasteiger partial charge is 0.0562 e. The Morgan fingerprint density at radius 2 is 2.16 bits per heavy atom. The third-order valence-electron chi connectivity index (χ3n) is 4.33. The van der Waals surface area contributed by atoms with Gasteiger partial charge >= 0.3 is 0 Å². The molecule has 0 aromatic carbocycles. The lowest BCUT2D eigenvalue weighted by atomic mass is 10.1. The molecular formula is C16H25N3. The van der Waals surface area contributed by atoms with E-state index in [1.807, 2.05) is 6.20 Å². The van der Waals surface area contributed by atoms with Gasteiger partial charge in [0.05, 0.1) is 5.69 Å². The van der Waals surface area contributed by atoms with Crippen LogP contribution in [0, 0.1) is 0 Å². The fourth-order valence-corrected chi connectivity index (χ4v) is 2.94. The standard InChI is InChI=1S/C16H25N3/c1-13-5-3-2-4-10-19(13)16-8-9-17-15(11-16)12-18-14-6-7-14/h8-9,11,13-14,18H,2-7,10,12H2,1H3. The van der Waals surface area contributed by atoms with E-state index in [4.69, 9.17) is 0 Å². The van der Waals surface area contributed by atoms with Gasteiger partial charge in [-0.1, -0.05) is 12.8 Å². The zero-order valence-electron chi connectivity index (χ0n) is 11.9. The van der Waals surface area contributed by atoms with Crippen LogP contribution in [-0.2, 0) is 6.54 Å². The summed E-state index contributed by atoms with van der Waals surface area (Å²) in [6.07, 6.45) is 10.0. The summed E-state index contributed by atoms with van der Waals surface area (Å²) < 4.78 is 0. The minimum Gasteiger partial charge on any atom is -0.369 e. The number of hydrogen-bond donors (Lipinski definition) is 1. The van der Waals surface area contributed by atoms with Crippen LogP contribution in [0.15, 0.2) is 18.3 Å². The van der Waals surface area contributed by atoms with Crippen LogP contribution in [0.4, 0.5) is 5.69 Å². The number of anilines is 1. The van der Waals surface area contributed by atoms with Crippen molar-refractivity contribution in [1.82, 2.24) is 10.3 Å². The molecule has 1 saturated carbocycles. The molecule has 2 heterocycles. The van der Waals surface area contributed by atoms with Gasteiger partial charge in [0.15, 0.2) is 0 Å². The van der Waals surface area contributed by atoms with Crippen molar-refractivity contribution in [2.45, 2.75) is 64.1 Å². The highest BCUT2D eigenvalue weighted by Crippen LogP contribution is 2.24. The van der Waals surface area contributed by atoms with E-state index in [2.05, 4.69) is 34.3 Å². The van der Waals surface area contributed by atoms with Crippen molar-refractivity contribution in [2.75, 3.05) is 11.4 Å². The van der Waals surface area contributed by atoms with Gasteiger partial charge in [-0.2, -0.15) is 0 Å². The first kappa shape index (κ1) is 12.9. The fourth-order valence-electron chi connectivity index (χ4n) is 2.94. The van der Waals surface area contributed by atoms with Crippen LogP contribution >= 0.6 is 0 Å². The SMILES string of the molecule is CC1CCCCCN1c1ccnc(CNC2CC2)c1. The molecule has 19 heavy (non-hydrogen) atoms. The van der Waals surface area contributed by atoms with Crippen molar-refractivity contribution in [3.05, 3.63) is 24.0 Å². The van der Waals surface area contributed by atoms with Crippen molar-refractivity contribution in [1.29, 1.82) is 0 Å². The molecule has 1 aliphatic carbocycles. The predicted octanol–water partition coefficient (Wildman–Crippen LogP) is 3.10. The van der Waals surface area contributed by atoms with E-state index in [-0.39, 0.29) is 0 Å². The topological polar surface area (TPSA) is 28.2 Å². The molecule has 1 N–H and O–H groups in total. The Hall–Kier alpha value is -1.09. The Labute approximate surface area is 116 Å². The average Bonchev–Trinajstić information content (AvgIpc) is 3.24. The van der Waals surface area contributed by atoms with Gasteiger partial charge in [-0.25, -0.2) is 0 Å². The Morgan fingerprint density at radius 3 is 3.00 bits per heavy atom. The molecule has 3 rings (SSSR count). The van der Waals surface area contributed by atoms with Crippen LogP contribution in [0.5, 0.6) is 0 Å². The zero-order valence-corrected chi connectivity index (χ0v) is 11.9. The molecule has 1 atom stereocenters. The Morgan fingerprint density at radius 1 is 1.26 bits per heavy atom. The van der Waals surface area contributed by atoms with E-state index in [9.17, 15) is 0 Å². The van der Waals surface area contributed by atoms with E-state index in [0.29, 0.717) is 6.04 Å². The van der Waals surface area contributed by atoms with Gasteiger partial charge in [0.1, 0.15) is 0 Å². The highest BCUT2D eigenvalue weighted by atomic mass is 15.2. The highest BCUT2D eigenvalue weighted by molar-refractivity contribution is 5.47. The van der Waals surface area contributed by atoms with Gasteiger partial charge < -0.3 is 10.2 Å². The Bertz CT molecular complexity index is 414. The summed E-state index contributed by atoms with van der Waals surface area (Å²) in [4.78, 5) is 7.06. The van der Waals surface area contributed by atoms with Crippen LogP contribution in [0.25, 0.3) is 0 Å². The molecular weight excluding hydrogens is 234 g/mol. The maximum Gasteiger partial charge on any atom is 0.0562 e. The van der Waals surface area contributed by atoms with Crippen LogP contribution < -0.4 is 10.2 Å². The van der Waals surface area contributed by atoms with Crippen LogP contribution in [0.3, 0.4) is 0 Å². The second-order valence-corrected chi connectivity index (χ2v) is 6.05.